The number of halogens is 3. The number of amides is 1. The van der Waals surface area contributed by atoms with Crippen LogP contribution in [0.5, 0.6) is 5.75 Å². The van der Waals surface area contributed by atoms with Gasteiger partial charge in [0.15, 0.2) is 6.10 Å². The number of alkyl halides is 3. The summed E-state index contributed by atoms with van der Waals surface area (Å²) >= 11 is 0. The van der Waals surface area contributed by atoms with Crippen LogP contribution in [-0.4, -0.2) is 43.1 Å². The van der Waals surface area contributed by atoms with E-state index < -0.39 is 17.8 Å². The number of ether oxygens (including phenoxy) is 1. The molecule has 1 aliphatic rings. The van der Waals surface area contributed by atoms with Crippen LogP contribution in [0.4, 0.5) is 18.9 Å². The van der Waals surface area contributed by atoms with Crippen LogP contribution >= 0.6 is 0 Å². The zero-order valence-corrected chi connectivity index (χ0v) is 16.8. The second-order valence-electron chi connectivity index (χ2n) is 7.39. The van der Waals surface area contributed by atoms with Crippen molar-refractivity contribution in [2.75, 3.05) is 31.1 Å². The van der Waals surface area contributed by atoms with Gasteiger partial charge in [0.05, 0.1) is 5.56 Å². The van der Waals surface area contributed by atoms with Crippen LogP contribution in [0.1, 0.15) is 23.6 Å². The number of nitrogens with zero attached hydrogens (tertiary/aromatic N) is 2. The van der Waals surface area contributed by atoms with Gasteiger partial charge in [0, 0.05) is 31.9 Å². The molecule has 0 spiro atoms. The first-order valence-electron chi connectivity index (χ1n) is 9.60. The van der Waals surface area contributed by atoms with Crippen molar-refractivity contribution in [1.29, 1.82) is 0 Å². The minimum absolute atomic E-state index is 0.116. The van der Waals surface area contributed by atoms with Crippen molar-refractivity contribution in [3.63, 3.8) is 0 Å². The fourth-order valence-corrected chi connectivity index (χ4v) is 3.40. The highest BCUT2D eigenvalue weighted by molar-refractivity contribution is 5.81. The summed E-state index contributed by atoms with van der Waals surface area (Å²) in [5.74, 6) is 0.572. The first-order valence-corrected chi connectivity index (χ1v) is 9.60. The van der Waals surface area contributed by atoms with Gasteiger partial charge in [-0.25, -0.2) is 0 Å². The maximum atomic E-state index is 12.9. The van der Waals surface area contributed by atoms with Crippen molar-refractivity contribution in [3.8, 4) is 5.75 Å². The van der Waals surface area contributed by atoms with Crippen LogP contribution < -0.4 is 9.64 Å². The zero-order valence-electron chi connectivity index (χ0n) is 16.8. The molecule has 1 heterocycles. The molecule has 1 amide bonds. The highest BCUT2D eigenvalue weighted by Gasteiger charge is 2.31. The van der Waals surface area contributed by atoms with Crippen molar-refractivity contribution in [2.24, 2.45) is 0 Å². The third-order valence-electron chi connectivity index (χ3n) is 5.13. The average molecular weight is 406 g/mol. The summed E-state index contributed by atoms with van der Waals surface area (Å²) in [4.78, 5) is 16.3. The van der Waals surface area contributed by atoms with E-state index >= 15 is 0 Å². The van der Waals surface area contributed by atoms with E-state index in [1.54, 1.807) is 17.9 Å². The number of carbonyl (C=O) groups is 1. The van der Waals surface area contributed by atoms with Crippen molar-refractivity contribution in [3.05, 3.63) is 59.2 Å². The third kappa shape index (κ3) is 5.02. The molecule has 0 saturated carbocycles. The molecule has 29 heavy (non-hydrogen) atoms. The van der Waals surface area contributed by atoms with Gasteiger partial charge in [-0.05, 0) is 56.2 Å². The number of carbonyl (C=O) groups excluding carboxylic acids is 1. The Bertz CT molecular complexity index is 875. The Labute approximate surface area is 168 Å². The molecule has 0 N–H and O–H groups in total. The molecule has 4 nitrogen and oxygen atoms in total. The molecule has 0 radical (unpaired) electrons. The Morgan fingerprint density at radius 3 is 2.38 bits per heavy atom. The minimum Gasteiger partial charge on any atom is -0.481 e. The fraction of sp³-hybridized carbons (Fsp3) is 0.409. The van der Waals surface area contributed by atoms with Crippen LogP contribution in [0, 0.1) is 13.8 Å². The SMILES string of the molecule is Cc1ccc(C)c(OC(C)C(=O)N2CCN(c3cccc(C(F)(F)F)c3)CC2)c1. The highest BCUT2D eigenvalue weighted by Crippen LogP contribution is 2.32. The average Bonchev–Trinajstić information content (AvgIpc) is 2.69. The molecule has 0 aliphatic carbocycles. The number of hydrogen-bond acceptors (Lipinski definition) is 3. The Hall–Kier alpha value is -2.70. The van der Waals surface area contributed by atoms with E-state index in [-0.39, 0.29) is 5.91 Å². The van der Waals surface area contributed by atoms with Crippen LogP contribution in [0.25, 0.3) is 0 Å². The van der Waals surface area contributed by atoms with E-state index in [0.29, 0.717) is 37.6 Å². The minimum atomic E-state index is -4.37. The van der Waals surface area contributed by atoms with Gasteiger partial charge in [-0.15, -0.1) is 0 Å². The molecule has 0 aromatic heterocycles. The van der Waals surface area contributed by atoms with Gasteiger partial charge in [-0.1, -0.05) is 18.2 Å². The molecule has 2 aromatic carbocycles. The van der Waals surface area contributed by atoms with Gasteiger partial charge >= 0.3 is 6.18 Å². The third-order valence-corrected chi connectivity index (χ3v) is 5.13. The second kappa shape index (κ2) is 8.35. The molecule has 156 valence electrons. The summed E-state index contributed by atoms with van der Waals surface area (Å²) in [6.45, 7) is 7.45. The molecule has 1 saturated heterocycles. The van der Waals surface area contributed by atoms with Crippen LogP contribution in [-0.2, 0) is 11.0 Å². The summed E-state index contributed by atoms with van der Waals surface area (Å²) < 4.78 is 44.7. The normalized spacial score (nSPS) is 15.9. The van der Waals surface area contributed by atoms with Gasteiger partial charge in [-0.2, -0.15) is 13.2 Å². The standard InChI is InChI=1S/C22H25F3N2O2/c1-15-7-8-16(2)20(13-15)29-17(3)21(28)27-11-9-26(10-12-27)19-6-4-5-18(14-19)22(23,24)25/h4-8,13-14,17H,9-12H2,1-3H3. The van der Waals surface area contributed by atoms with Crippen LogP contribution in [0.3, 0.4) is 0 Å². The van der Waals surface area contributed by atoms with Crippen LogP contribution in [0.2, 0.25) is 0 Å². The number of rotatable bonds is 4. The van der Waals surface area contributed by atoms with Crippen LogP contribution in [0.15, 0.2) is 42.5 Å². The lowest BCUT2D eigenvalue weighted by atomic mass is 10.1. The smallest absolute Gasteiger partial charge is 0.416 e. The molecule has 7 heteroatoms. The lowest BCUT2D eigenvalue weighted by molar-refractivity contribution is -0.138. The summed E-state index contributed by atoms with van der Waals surface area (Å²) in [7, 11) is 0. The Kier molecular flexibility index (Phi) is 6.05. The lowest BCUT2D eigenvalue weighted by Gasteiger charge is -2.37. The summed E-state index contributed by atoms with van der Waals surface area (Å²) in [5.41, 5.74) is 1.88. The van der Waals surface area contributed by atoms with Gasteiger partial charge in [0.2, 0.25) is 0 Å². The Morgan fingerprint density at radius 2 is 1.72 bits per heavy atom. The molecule has 1 atom stereocenters. The largest absolute Gasteiger partial charge is 0.481 e. The van der Waals surface area contributed by atoms with Gasteiger partial charge in [0.25, 0.3) is 5.91 Å². The summed E-state index contributed by atoms with van der Waals surface area (Å²) in [5, 5.41) is 0. The molecular weight excluding hydrogens is 381 g/mol. The summed E-state index contributed by atoms with van der Waals surface area (Å²) in [6.07, 6.45) is -5.00. The molecule has 1 aliphatic heterocycles. The molecular formula is C22H25F3N2O2. The Balaban J connectivity index is 1.60. The van der Waals surface area contributed by atoms with Crippen molar-refractivity contribution in [1.82, 2.24) is 4.90 Å². The number of aryl methyl sites for hydroxylation is 2. The Morgan fingerprint density at radius 1 is 1.03 bits per heavy atom. The van der Waals surface area contributed by atoms with E-state index in [2.05, 4.69) is 0 Å². The molecule has 3 rings (SSSR count). The quantitative estimate of drug-likeness (QED) is 0.753. The van der Waals surface area contributed by atoms with Gasteiger partial charge < -0.3 is 14.5 Å². The van der Waals surface area contributed by atoms with Crippen molar-refractivity contribution >= 4 is 11.6 Å². The maximum Gasteiger partial charge on any atom is 0.416 e. The van der Waals surface area contributed by atoms with Gasteiger partial charge in [-0.3, -0.25) is 4.79 Å². The predicted molar refractivity (Wildman–Crippen MR) is 106 cm³/mol. The molecule has 2 aromatic rings. The van der Waals surface area contributed by atoms with Crippen molar-refractivity contribution < 1.29 is 22.7 Å². The monoisotopic (exact) mass is 406 g/mol. The zero-order chi connectivity index (χ0) is 21.2. The van der Waals surface area contributed by atoms with E-state index in [1.165, 1.54) is 6.07 Å². The van der Waals surface area contributed by atoms with E-state index in [0.717, 1.165) is 23.3 Å². The molecule has 1 unspecified atom stereocenters. The molecule has 1 fully saturated rings. The number of piperazine rings is 1. The first kappa shape index (κ1) is 21.0. The maximum absolute atomic E-state index is 12.9. The van der Waals surface area contributed by atoms with Crippen molar-refractivity contribution in [2.45, 2.75) is 33.1 Å². The predicted octanol–water partition coefficient (Wildman–Crippen LogP) is 4.44. The fourth-order valence-electron chi connectivity index (χ4n) is 3.40. The summed E-state index contributed by atoms with van der Waals surface area (Å²) in [6, 6.07) is 11.1. The molecule has 0 bridgehead atoms. The lowest BCUT2D eigenvalue weighted by Crippen LogP contribution is -2.52. The number of hydrogen-bond donors (Lipinski definition) is 0. The second-order valence-corrected chi connectivity index (χ2v) is 7.39. The van der Waals surface area contributed by atoms with E-state index in [4.69, 9.17) is 4.74 Å². The number of anilines is 1. The number of benzene rings is 2. The van der Waals surface area contributed by atoms with E-state index in [1.807, 2.05) is 36.9 Å². The van der Waals surface area contributed by atoms with E-state index in [9.17, 15) is 18.0 Å². The first-order chi connectivity index (χ1) is 13.6. The van der Waals surface area contributed by atoms with Gasteiger partial charge in [0.1, 0.15) is 5.75 Å². The topological polar surface area (TPSA) is 32.8 Å². The highest BCUT2D eigenvalue weighted by atomic mass is 19.4.